The summed E-state index contributed by atoms with van der Waals surface area (Å²) in [5, 5.41) is 3.99. The number of pyridine rings is 1. The first-order valence-electron chi connectivity index (χ1n) is 17.6. The van der Waals surface area contributed by atoms with E-state index in [4.69, 9.17) is 4.74 Å². The third-order valence-electron chi connectivity index (χ3n) is 12.9. The molecule has 7 nitrogen and oxygen atoms in total. The molecule has 2 saturated carbocycles. The summed E-state index contributed by atoms with van der Waals surface area (Å²) in [5.74, 6) is 0.799. The maximum absolute atomic E-state index is 14.3. The molecule has 1 aromatic carbocycles. The second-order valence-electron chi connectivity index (χ2n) is 15.6. The van der Waals surface area contributed by atoms with Crippen molar-refractivity contribution in [3.05, 3.63) is 59.7 Å². The lowest BCUT2D eigenvalue weighted by Crippen LogP contribution is -2.54. The number of amides is 1. The zero-order valence-corrected chi connectivity index (χ0v) is 28.9. The molecule has 1 amide bonds. The number of para-hydroxylation sites is 1. The molecule has 0 aliphatic heterocycles. The number of rotatable bonds is 8. The number of aromatic nitrogens is 1. The van der Waals surface area contributed by atoms with E-state index < -0.39 is 6.10 Å². The summed E-state index contributed by atoms with van der Waals surface area (Å²) in [6.07, 6.45) is 5.40. The van der Waals surface area contributed by atoms with Crippen LogP contribution in [0.2, 0.25) is 0 Å². The number of nitrogens with zero attached hydrogens (tertiary/aromatic N) is 1. The van der Waals surface area contributed by atoms with Gasteiger partial charge in [-0.1, -0.05) is 58.0 Å². The summed E-state index contributed by atoms with van der Waals surface area (Å²) in [7, 11) is 0. The minimum Gasteiger partial charge on any atom is -0.458 e. The lowest BCUT2D eigenvalue weighted by molar-refractivity contribution is -0.150. The molecule has 250 valence electrons. The highest BCUT2D eigenvalue weighted by Crippen LogP contribution is 2.65. The van der Waals surface area contributed by atoms with E-state index in [9.17, 15) is 19.2 Å². The third-order valence-corrected chi connectivity index (χ3v) is 12.9. The minimum absolute atomic E-state index is 0.00139. The summed E-state index contributed by atoms with van der Waals surface area (Å²) in [6.45, 7) is 16.4. The van der Waals surface area contributed by atoms with Crippen LogP contribution in [0.4, 0.5) is 5.82 Å². The Labute approximate surface area is 279 Å². The Morgan fingerprint density at radius 1 is 1.11 bits per heavy atom. The van der Waals surface area contributed by atoms with Crippen molar-refractivity contribution in [2.24, 2.45) is 46.3 Å². The van der Waals surface area contributed by atoms with E-state index in [0.717, 1.165) is 53.3 Å². The van der Waals surface area contributed by atoms with Gasteiger partial charge in [-0.15, -0.1) is 0 Å². The molecule has 0 saturated heterocycles. The second-order valence-corrected chi connectivity index (χ2v) is 15.6. The number of carbonyl (C=O) groups excluding carboxylic acids is 4. The summed E-state index contributed by atoms with van der Waals surface area (Å²) in [5.41, 5.74) is 3.07. The monoisotopic (exact) mass is 638 g/mol. The highest BCUT2D eigenvalue weighted by Gasteiger charge is 2.62. The van der Waals surface area contributed by atoms with E-state index in [0.29, 0.717) is 43.3 Å². The Morgan fingerprint density at radius 2 is 1.85 bits per heavy atom. The summed E-state index contributed by atoms with van der Waals surface area (Å²) in [6, 6.07) is 11.6. The van der Waals surface area contributed by atoms with Crippen LogP contribution in [0.3, 0.4) is 0 Å². The van der Waals surface area contributed by atoms with Gasteiger partial charge in [0.25, 0.3) is 0 Å². The first kappa shape index (κ1) is 33.3. The molecular weight excluding hydrogens is 588 g/mol. The van der Waals surface area contributed by atoms with Gasteiger partial charge in [0.2, 0.25) is 5.91 Å². The van der Waals surface area contributed by atoms with Gasteiger partial charge in [0.05, 0.1) is 11.4 Å². The molecule has 9 atom stereocenters. The molecule has 0 spiro atoms. The molecule has 1 aromatic heterocycles. The number of anilines is 1. The standard InChI is InChI=1S/C40H50N2O5/c1-22(24(3)38(46)42-35-17-14-27-10-8-9-11-31(27)41-35)12-13-23(2)28-15-16-29-36-34(47-26(5)43)20-30-25(4)32(44)18-19-39(30,6)37(36)33(45)21-40(28,29)7/h8-11,14,17,23-25,28-30,34H,1,12-13,15-16,18-21H2,2-7H3,(H,41,42,46)/t23-,24+,25+,28-,29+,30+,34-,39+,40-/m1/s1. The largest absolute Gasteiger partial charge is 0.458 e. The van der Waals surface area contributed by atoms with Crippen LogP contribution in [0, 0.1) is 46.3 Å². The maximum Gasteiger partial charge on any atom is 0.303 e. The molecule has 0 unspecified atom stereocenters. The Morgan fingerprint density at radius 3 is 2.60 bits per heavy atom. The third kappa shape index (κ3) is 5.78. The normalized spacial score (nSPS) is 33.0. The molecule has 1 N–H and O–H groups in total. The van der Waals surface area contributed by atoms with Crippen molar-refractivity contribution < 1.29 is 23.9 Å². The fourth-order valence-electron chi connectivity index (χ4n) is 10.2. The van der Waals surface area contributed by atoms with E-state index in [-0.39, 0.29) is 57.9 Å². The zero-order valence-electron chi connectivity index (χ0n) is 28.9. The molecule has 1 heterocycles. The van der Waals surface area contributed by atoms with E-state index in [2.05, 4.69) is 37.7 Å². The van der Waals surface area contributed by atoms with Crippen LogP contribution in [-0.4, -0.2) is 34.5 Å². The number of benzene rings is 1. The molecular formula is C40H50N2O5. The van der Waals surface area contributed by atoms with Crippen molar-refractivity contribution in [2.45, 2.75) is 99.0 Å². The molecule has 2 aromatic rings. The number of hydrogen-bond donors (Lipinski definition) is 1. The molecule has 47 heavy (non-hydrogen) atoms. The van der Waals surface area contributed by atoms with Crippen molar-refractivity contribution in [1.82, 2.24) is 4.98 Å². The van der Waals surface area contributed by atoms with E-state index in [1.165, 1.54) is 6.92 Å². The van der Waals surface area contributed by atoms with Crippen LogP contribution in [0.25, 0.3) is 10.9 Å². The van der Waals surface area contributed by atoms with Crippen LogP contribution in [0.15, 0.2) is 59.7 Å². The molecule has 2 fully saturated rings. The van der Waals surface area contributed by atoms with Crippen molar-refractivity contribution in [1.29, 1.82) is 0 Å². The van der Waals surface area contributed by atoms with Crippen molar-refractivity contribution in [3.63, 3.8) is 0 Å². The number of esters is 1. The van der Waals surface area contributed by atoms with Crippen LogP contribution in [0.1, 0.15) is 92.9 Å². The number of allylic oxidation sites excluding steroid dienone is 1. The zero-order chi connectivity index (χ0) is 33.8. The minimum atomic E-state index is -0.451. The Balaban J connectivity index is 1.16. The molecule has 4 aliphatic carbocycles. The number of hydrogen-bond acceptors (Lipinski definition) is 6. The summed E-state index contributed by atoms with van der Waals surface area (Å²) in [4.78, 5) is 57.2. The number of nitrogens with one attached hydrogen (secondary N) is 1. The van der Waals surface area contributed by atoms with Crippen molar-refractivity contribution >= 4 is 40.2 Å². The van der Waals surface area contributed by atoms with Gasteiger partial charge in [0.15, 0.2) is 5.78 Å². The molecule has 6 rings (SSSR count). The summed E-state index contributed by atoms with van der Waals surface area (Å²) >= 11 is 0. The van der Waals surface area contributed by atoms with Crippen LogP contribution in [0.5, 0.6) is 0 Å². The van der Waals surface area contributed by atoms with Gasteiger partial charge in [-0.05, 0) is 98.3 Å². The number of carbonyl (C=O) groups is 4. The lowest BCUT2D eigenvalue weighted by Gasteiger charge is -2.56. The first-order valence-corrected chi connectivity index (χ1v) is 17.6. The SMILES string of the molecule is C=C(CC[C@@H](C)[C@H]1CC[C@H]2C3=C(C(=O)C[C@]12C)[C@@]1(C)CCC(=O)[C@@H](C)[C@@H]1C[C@H]3OC(C)=O)[C@H](C)C(=O)Nc1ccc2ccccc2n1. The second kappa shape index (κ2) is 12.4. The Hall–Kier alpha value is -3.61. The maximum atomic E-state index is 14.3. The smallest absolute Gasteiger partial charge is 0.303 e. The fraction of sp³-hybridized carbons (Fsp3) is 0.575. The van der Waals surface area contributed by atoms with Gasteiger partial charge in [-0.2, -0.15) is 0 Å². The predicted octanol–water partition coefficient (Wildman–Crippen LogP) is 8.04. The number of fused-ring (bicyclic) bond motifs is 5. The first-order chi connectivity index (χ1) is 22.2. The quantitative estimate of drug-likeness (QED) is 0.232. The van der Waals surface area contributed by atoms with Gasteiger partial charge in [0, 0.05) is 42.1 Å². The Bertz CT molecular complexity index is 1680. The number of Topliss-reactive ketones (excluding diaryl/α,β-unsaturated/α-hetero) is 2. The van der Waals surface area contributed by atoms with E-state index in [1.807, 2.05) is 50.2 Å². The van der Waals surface area contributed by atoms with Crippen molar-refractivity contribution in [2.75, 3.05) is 5.32 Å². The van der Waals surface area contributed by atoms with Gasteiger partial charge in [-0.25, -0.2) is 4.98 Å². The fourth-order valence-corrected chi connectivity index (χ4v) is 10.2. The molecule has 0 bridgehead atoms. The van der Waals surface area contributed by atoms with Gasteiger partial charge in [-0.3, -0.25) is 19.2 Å². The summed E-state index contributed by atoms with van der Waals surface area (Å²) < 4.78 is 6.01. The van der Waals surface area contributed by atoms with E-state index >= 15 is 0 Å². The molecule has 4 aliphatic rings. The predicted molar refractivity (Wildman–Crippen MR) is 183 cm³/mol. The highest BCUT2D eigenvalue weighted by molar-refractivity contribution is 6.00. The Kier molecular flexibility index (Phi) is 8.82. The van der Waals surface area contributed by atoms with Gasteiger partial charge in [0.1, 0.15) is 17.7 Å². The number of ketones is 2. The average Bonchev–Trinajstić information content (AvgIpc) is 3.37. The molecule has 7 heteroatoms. The van der Waals surface area contributed by atoms with Crippen LogP contribution < -0.4 is 5.32 Å². The number of ether oxygens (including phenoxy) is 1. The molecule has 0 radical (unpaired) electrons. The lowest BCUT2D eigenvalue weighted by atomic mass is 9.48. The van der Waals surface area contributed by atoms with E-state index in [1.54, 1.807) is 0 Å². The van der Waals surface area contributed by atoms with Crippen LogP contribution >= 0.6 is 0 Å². The highest BCUT2D eigenvalue weighted by atomic mass is 16.5. The average molecular weight is 639 g/mol. The topological polar surface area (TPSA) is 102 Å². The van der Waals surface area contributed by atoms with Gasteiger partial charge >= 0.3 is 5.97 Å². The van der Waals surface area contributed by atoms with Gasteiger partial charge < -0.3 is 10.1 Å². The van der Waals surface area contributed by atoms with Crippen LogP contribution in [-0.2, 0) is 23.9 Å². The van der Waals surface area contributed by atoms with Crippen molar-refractivity contribution in [3.8, 4) is 0 Å².